The molecule has 0 bridgehead atoms. The van der Waals surface area contributed by atoms with Crippen molar-refractivity contribution in [2.75, 3.05) is 206 Å². The number of nitrogens with zero attached hydrogens (tertiary/aromatic N) is 30. The predicted molar refractivity (Wildman–Crippen MR) is 625 cm³/mol. The number of rotatable bonds is 27. The van der Waals surface area contributed by atoms with Gasteiger partial charge in [0.05, 0.1) is 24.7 Å². The van der Waals surface area contributed by atoms with Gasteiger partial charge in [0.1, 0.15) is 37.0 Å². The molecule has 0 aromatic carbocycles. The topological polar surface area (TPSA) is 526 Å². The van der Waals surface area contributed by atoms with Gasteiger partial charge in [-0.2, -0.15) is 0 Å². The SMILES string of the molecule is CCCCCN(C)C1=NC(C)NC(=N)N1C.CCCCCN(C)C1=NC(C)NC(=NC)N1.CCCCCN=C1NC(C)NC(=NC)N1C.CCCCN(C)C1=NC(C)NC(=N)N1C.CCCCN(C)C1=NC(C)NC(=NC)N1.CCCCN=C1NC(C)NC(=NC)N1C.CCCN(C)C1=NC(C)NC(=NC)N1.CCCN=C1NC(C)NC(=NC)N1C.CCN(C)C1=NC(C)NC(=NC)N1.CCN=C1NC(C)NC(=NC)N1C. The monoisotopic (exact) mass is 2070 g/mol. The van der Waals surface area contributed by atoms with Crippen molar-refractivity contribution in [3.8, 4) is 0 Å². The molecule has 842 valence electrons. The van der Waals surface area contributed by atoms with E-state index in [1.807, 2.05) is 171 Å². The summed E-state index contributed by atoms with van der Waals surface area (Å²) in [6, 6.07) is 0. The van der Waals surface area contributed by atoms with E-state index >= 15 is 0 Å². The summed E-state index contributed by atoms with van der Waals surface area (Å²) in [5.74, 6) is 16.3. The van der Waals surface area contributed by atoms with Crippen LogP contribution in [0, 0.1) is 10.8 Å². The molecular weight excluding hydrogens is 1870 g/mol. The molecule has 147 heavy (non-hydrogen) atoms. The fraction of sp³-hybridized carbons (Fsp3) is 0.794. The molecule has 10 heterocycles. The number of aliphatic imine (C=N–C) groups is 18. The number of guanidine groups is 20. The Kier molecular flexibility index (Phi) is 67.7. The molecule has 50 heteroatoms. The van der Waals surface area contributed by atoms with Crippen molar-refractivity contribution in [3.05, 3.63) is 0 Å². The van der Waals surface area contributed by atoms with Crippen molar-refractivity contribution in [2.24, 2.45) is 89.9 Å². The largest absolute Gasteiger partial charge is 0.346 e. The van der Waals surface area contributed by atoms with Gasteiger partial charge in [-0.25, -0.2) is 30.0 Å². The van der Waals surface area contributed by atoms with Gasteiger partial charge in [0, 0.05) is 206 Å². The Morgan fingerprint density at radius 3 is 0.776 bits per heavy atom. The fourth-order valence-electron chi connectivity index (χ4n) is 14.3. The summed E-state index contributed by atoms with van der Waals surface area (Å²) in [7, 11) is 37.9. The highest BCUT2D eigenvalue weighted by molar-refractivity contribution is 6.06. The van der Waals surface area contributed by atoms with Crippen LogP contribution in [0.5, 0.6) is 0 Å². The van der Waals surface area contributed by atoms with Gasteiger partial charge in [-0.3, -0.25) is 121 Å². The van der Waals surface area contributed by atoms with E-state index in [1.54, 1.807) is 66.2 Å². The highest BCUT2D eigenvalue weighted by atomic mass is 15.5. The molecule has 4 saturated heterocycles. The zero-order valence-electron chi connectivity index (χ0n) is 98.3. The van der Waals surface area contributed by atoms with Gasteiger partial charge in [0.25, 0.3) is 0 Å². The Morgan fingerprint density at radius 2 is 0.497 bits per heavy atom. The minimum atomic E-state index is -0.00711. The van der Waals surface area contributed by atoms with Crippen LogP contribution in [0.1, 0.15) is 248 Å². The summed E-state index contributed by atoms with van der Waals surface area (Å²) in [6.45, 7) is 50.9. The van der Waals surface area contributed by atoms with E-state index in [1.165, 1.54) is 77.0 Å². The van der Waals surface area contributed by atoms with E-state index in [2.05, 4.69) is 286 Å². The van der Waals surface area contributed by atoms with Crippen molar-refractivity contribution < 1.29 is 0 Å². The Morgan fingerprint density at radius 1 is 0.245 bits per heavy atom. The summed E-state index contributed by atoms with van der Waals surface area (Å²) in [5, 5.41) is 72.4. The first-order valence-electron chi connectivity index (χ1n) is 53.1. The third kappa shape index (κ3) is 51.1. The third-order valence-corrected chi connectivity index (χ3v) is 22.8. The second-order valence-corrected chi connectivity index (χ2v) is 36.4. The van der Waals surface area contributed by atoms with E-state index < -0.39 is 0 Å². The van der Waals surface area contributed by atoms with Crippen LogP contribution in [0.15, 0.2) is 89.9 Å². The summed E-state index contributed by atoms with van der Waals surface area (Å²) in [4.78, 5) is 102. The maximum absolute atomic E-state index is 7.77. The van der Waals surface area contributed by atoms with Gasteiger partial charge in [-0.05, 0) is 134 Å². The van der Waals surface area contributed by atoms with Crippen molar-refractivity contribution in [1.82, 2.24) is 155 Å². The second kappa shape index (κ2) is 75.2. The first-order valence-corrected chi connectivity index (χ1v) is 53.1. The number of hydrogen-bond donors (Lipinski definition) is 20. The second-order valence-electron chi connectivity index (χ2n) is 36.4. The number of hydrogen-bond acceptors (Lipinski definition) is 26. The van der Waals surface area contributed by atoms with Gasteiger partial charge in [-0.15, -0.1) is 0 Å². The average molecular weight is 2070 g/mol. The van der Waals surface area contributed by atoms with Crippen LogP contribution < -0.4 is 95.7 Å². The van der Waals surface area contributed by atoms with Gasteiger partial charge in [0.2, 0.25) is 83.4 Å². The molecule has 0 aliphatic carbocycles. The van der Waals surface area contributed by atoms with Crippen LogP contribution in [0.25, 0.3) is 0 Å². The molecule has 0 saturated carbocycles. The molecule has 0 aromatic rings. The molecule has 10 rings (SSSR count). The smallest absolute Gasteiger partial charge is 0.205 e. The molecule has 0 spiro atoms. The first-order chi connectivity index (χ1) is 70.0. The quantitative estimate of drug-likeness (QED) is 0.0458. The highest BCUT2D eigenvalue weighted by Crippen LogP contribution is 2.12. The maximum atomic E-state index is 7.77. The lowest BCUT2D eigenvalue weighted by atomic mass is 10.2. The van der Waals surface area contributed by atoms with Crippen molar-refractivity contribution in [3.63, 3.8) is 0 Å². The molecule has 0 aromatic heterocycles. The van der Waals surface area contributed by atoms with Crippen LogP contribution in [0.4, 0.5) is 0 Å². The Hall–Kier alpha value is -12.6. The lowest BCUT2D eigenvalue weighted by Gasteiger charge is -2.34. The van der Waals surface area contributed by atoms with Crippen LogP contribution in [-0.2, 0) is 0 Å². The lowest BCUT2D eigenvalue weighted by molar-refractivity contribution is 0.408. The molecule has 0 radical (unpaired) electrons. The Bertz CT molecular complexity index is 4320. The summed E-state index contributed by atoms with van der Waals surface area (Å²) in [5.41, 5.74) is 0. The standard InChI is InChI=1S/3C11H23N5.3C10H21N5.2C9H19N5.2C8H17N5/c1-5-6-7-8-15(3)11-14-9(2)13-10(12)16(11)4;1-5-6-7-8-16(4)11-14-9(2)13-10(12-3)15-11;1-5-6-7-8-13-11-15-9(2)14-10(12-3)16(11)4;1-5-6-7-14(3)10-13-8(2)12-9(11)15(10)4;1-5-6-7-15(4)10-13-8(2)12-9(11-3)14-10;1-5-6-7-12-10-14-8(2)13-9(11-3)15(10)4;1-5-6-14(4)9-12-7(2)11-8(10-3)13-9;1-5-6-11-9-13-7(2)12-8(10-3)14(9)4;1-5-13(4)8-11-6(2)10-7(9-3)12-8;1-5-10-8-12-6(2)11-7(9-3)13(8)4/h9H,5-8H2,1-4H3,(H2,12,13);9H,5-8H2,1-4H3,(H2,12,13,14,15);9H,5-8H2,1-4H3,(H,12,14)(H,13,15);8H,5-7H2,1-4H3,(H2,11,12);8H,5-7H2,1-4H3,(H2,11,12,13,14);8H,5-7H2,1-4H3,(H,11,13)(H,12,14);7H,5-6H2,1-4H3,(H2,10,11,12,13);7H,5-6H2,1-4H3,(H,10,12)(H,11,13);6H,5H2,1-4H3,(H2,9,10,11,12);6H,5H2,1-4H3,(H,9,11)(H,10,12). The van der Waals surface area contributed by atoms with Crippen LogP contribution in [0.3, 0.4) is 0 Å². The molecule has 10 aliphatic heterocycles. The minimum Gasteiger partial charge on any atom is -0.346 e. The third-order valence-electron chi connectivity index (χ3n) is 22.8. The van der Waals surface area contributed by atoms with Crippen molar-refractivity contribution >= 4 is 119 Å². The van der Waals surface area contributed by atoms with Crippen molar-refractivity contribution in [2.45, 2.75) is 309 Å². The molecule has 10 unspecified atom stereocenters. The van der Waals surface area contributed by atoms with Crippen LogP contribution in [0.2, 0.25) is 0 Å². The predicted octanol–water partition coefficient (Wildman–Crippen LogP) is 5.40. The zero-order valence-corrected chi connectivity index (χ0v) is 98.3. The van der Waals surface area contributed by atoms with Crippen LogP contribution in [-0.4, -0.2) is 446 Å². The zero-order chi connectivity index (χ0) is 111. The number of unbranched alkanes of at least 4 members (excludes halogenated alkanes) is 9. The summed E-state index contributed by atoms with van der Waals surface area (Å²) in [6.07, 6.45) is 21.2. The minimum absolute atomic E-state index is 0.00669. The molecular formula is C97H204N50. The van der Waals surface area contributed by atoms with E-state index in [4.69, 9.17) is 10.8 Å². The summed E-state index contributed by atoms with van der Waals surface area (Å²) < 4.78 is 0. The Balaban J connectivity index is 0.000000817. The van der Waals surface area contributed by atoms with Crippen molar-refractivity contribution in [1.29, 1.82) is 10.8 Å². The summed E-state index contributed by atoms with van der Waals surface area (Å²) >= 11 is 0. The lowest BCUT2D eigenvalue weighted by Crippen LogP contribution is -2.62. The molecule has 50 nitrogen and oxygen atoms in total. The van der Waals surface area contributed by atoms with Crippen LogP contribution >= 0.6 is 0 Å². The van der Waals surface area contributed by atoms with Gasteiger partial charge >= 0.3 is 0 Å². The van der Waals surface area contributed by atoms with Gasteiger partial charge in [0.15, 0.2) is 35.8 Å². The van der Waals surface area contributed by atoms with Gasteiger partial charge < -0.3 is 104 Å². The average Bonchev–Trinajstić information content (AvgIpc) is 0.826. The molecule has 4 fully saturated rings. The normalized spacial score (nSPS) is 24.4. The molecule has 10 aliphatic rings. The van der Waals surface area contributed by atoms with E-state index in [0.717, 1.165) is 205 Å². The van der Waals surface area contributed by atoms with E-state index in [-0.39, 0.29) is 61.7 Å². The van der Waals surface area contributed by atoms with E-state index in [9.17, 15) is 0 Å². The number of nitrogens with one attached hydrogen (secondary N) is 20. The fourth-order valence-corrected chi connectivity index (χ4v) is 14.3. The Labute approximate surface area is 885 Å². The molecule has 20 N–H and O–H groups in total. The molecule has 10 atom stereocenters. The van der Waals surface area contributed by atoms with E-state index in [0.29, 0.717) is 11.9 Å². The maximum Gasteiger partial charge on any atom is 0.205 e. The first kappa shape index (κ1) is 132. The molecule has 0 amide bonds. The van der Waals surface area contributed by atoms with Gasteiger partial charge in [-0.1, -0.05) is 113 Å². The highest BCUT2D eigenvalue weighted by Gasteiger charge is 2.30.